The molecule has 0 aliphatic heterocycles. The van der Waals surface area contributed by atoms with E-state index in [2.05, 4.69) is 52.4 Å². The molecular formula is C15H24BrNO. The van der Waals surface area contributed by atoms with Gasteiger partial charge in [-0.25, -0.2) is 0 Å². The Hall–Kier alpha value is -0.380. The lowest BCUT2D eigenvalue weighted by molar-refractivity contribution is 0.131. The molecule has 2 nitrogen and oxygen atoms in total. The largest absolute Gasteiger partial charge is 0.382 e. The van der Waals surface area contributed by atoms with E-state index in [1.807, 2.05) is 6.92 Å². The molecule has 0 aliphatic carbocycles. The van der Waals surface area contributed by atoms with Crippen LogP contribution in [0.2, 0.25) is 0 Å². The molecular weight excluding hydrogens is 290 g/mol. The van der Waals surface area contributed by atoms with Gasteiger partial charge in [-0.2, -0.15) is 0 Å². The zero-order chi connectivity index (χ0) is 13.2. The topological polar surface area (TPSA) is 21.3 Å². The maximum absolute atomic E-state index is 5.47. The van der Waals surface area contributed by atoms with Crippen LogP contribution in [0.1, 0.15) is 25.8 Å². The van der Waals surface area contributed by atoms with Gasteiger partial charge in [-0.15, -0.1) is 0 Å². The van der Waals surface area contributed by atoms with Gasteiger partial charge in [0.05, 0.1) is 0 Å². The first-order valence-corrected chi connectivity index (χ1v) is 7.59. The maximum atomic E-state index is 5.47. The Kier molecular flexibility index (Phi) is 8.31. The summed E-state index contributed by atoms with van der Waals surface area (Å²) in [6.07, 6.45) is 2.21. The number of ether oxygens (including phenoxy) is 1. The highest BCUT2D eigenvalue weighted by Gasteiger charge is 2.11. The fourth-order valence-corrected chi connectivity index (χ4v) is 2.44. The first-order valence-electron chi connectivity index (χ1n) is 6.79. The lowest BCUT2D eigenvalue weighted by atomic mass is 9.96. The first-order chi connectivity index (χ1) is 8.77. The van der Waals surface area contributed by atoms with Gasteiger partial charge < -0.3 is 10.1 Å². The van der Waals surface area contributed by atoms with E-state index in [4.69, 9.17) is 4.74 Å². The highest BCUT2D eigenvalue weighted by molar-refractivity contribution is 9.10. The van der Waals surface area contributed by atoms with Crippen LogP contribution in [0.3, 0.4) is 0 Å². The predicted molar refractivity (Wildman–Crippen MR) is 81.0 cm³/mol. The monoisotopic (exact) mass is 313 g/mol. The lowest BCUT2D eigenvalue weighted by Crippen LogP contribution is -2.25. The number of hydrogen-bond donors (Lipinski definition) is 1. The Morgan fingerprint density at radius 1 is 1.28 bits per heavy atom. The molecule has 0 fully saturated rings. The van der Waals surface area contributed by atoms with Gasteiger partial charge in [-0.1, -0.05) is 41.1 Å². The van der Waals surface area contributed by atoms with Crippen LogP contribution in [0.4, 0.5) is 0 Å². The van der Waals surface area contributed by atoms with E-state index in [9.17, 15) is 0 Å². The second-order valence-electron chi connectivity index (χ2n) is 4.45. The molecule has 1 aromatic rings. The van der Waals surface area contributed by atoms with Gasteiger partial charge in [-0.05, 0) is 50.4 Å². The third kappa shape index (κ3) is 5.98. The number of rotatable bonds is 9. The van der Waals surface area contributed by atoms with Crippen molar-refractivity contribution in [1.82, 2.24) is 5.32 Å². The normalized spacial score (nSPS) is 12.6. The summed E-state index contributed by atoms with van der Waals surface area (Å²) in [6.45, 7) is 7.96. The van der Waals surface area contributed by atoms with Gasteiger partial charge >= 0.3 is 0 Å². The molecule has 0 saturated heterocycles. The van der Waals surface area contributed by atoms with E-state index in [0.717, 1.165) is 39.1 Å². The minimum absolute atomic E-state index is 0.634. The quantitative estimate of drug-likeness (QED) is 0.703. The molecule has 0 amide bonds. The summed E-state index contributed by atoms with van der Waals surface area (Å²) in [5.74, 6) is 0.634. The molecule has 1 atom stereocenters. The van der Waals surface area contributed by atoms with Crippen LogP contribution in [0, 0.1) is 5.92 Å². The maximum Gasteiger partial charge on any atom is 0.0469 e. The molecule has 0 aromatic heterocycles. The fraction of sp³-hybridized carbons (Fsp3) is 0.600. The summed E-state index contributed by atoms with van der Waals surface area (Å²) in [6, 6.07) is 8.48. The smallest absolute Gasteiger partial charge is 0.0469 e. The first kappa shape index (κ1) is 15.7. The van der Waals surface area contributed by atoms with Crippen molar-refractivity contribution in [1.29, 1.82) is 0 Å². The predicted octanol–water partition coefficient (Wildman–Crippen LogP) is 3.64. The average Bonchev–Trinajstić information content (AvgIpc) is 2.38. The van der Waals surface area contributed by atoms with Crippen molar-refractivity contribution >= 4 is 15.9 Å². The summed E-state index contributed by atoms with van der Waals surface area (Å²) in [5.41, 5.74) is 1.39. The second kappa shape index (κ2) is 9.54. The molecule has 1 aromatic carbocycles. The molecule has 0 radical (unpaired) electrons. The Labute approximate surface area is 119 Å². The second-order valence-corrected chi connectivity index (χ2v) is 5.31. The Morgan fingerprint density at radius 2 is 2.06 bits per heavy atom. The number of benzene rings is 1. The van der Waals surface area contributed by atoms with Gasteiger partial charge in [0.25, 0.3) is 0 Å². The molecule has 0 aliphatic rings. The standard InChI is InChI=1S/C15H24BrNO/c1-3-17-12-13(9-10-18-4-2)11-14-7-5-6-8-15(14)16/h5-8,13,17H,3-4,9-12H2,1-2H3. The molecule has 18 heavy (non-hydrogen) atoms. The molecule has 0 heterocycles. The average molecular weight is 314 g/mol. The lowest BCUT2D eigenvalue weighted by Gasteiger charge is -2.18. The molecule has 0 bridgehead atoms. The SMILES string of the molecule is CCNCC(CCOCC)Cc1ccccc1Br. The van der Waals surface area contributed by atoms with Crippen LogP contribution in [0.5, 0.6) is 0 Å². The Bertz CT molecular complexity index is 330. The molecule has 1 unspecified atom stereocenters. The summed E-state index contributed by atoms with van der Waals surface area (Å²) in [4.78, 5) is 0. The van der Waals surface area contributed by atoms with E-state index < -0.39 is 0 Å². The minimum atomic E-state index is 0.634. The molecule has 0 saturated carbocycles. The van der Waals surface area contributed by atoms with Crippen LogP contribution in [0.25, 0.3) is 0 Å². The molecule has 0 spiro atoms. The van der Waals surface area contributed by atoms with E-state index in [1.165, 1.54) is 10.0 Å². The molecule has 3 heteroatoms. The summed E-state index contributed by atoms with van der Waals surface area (Å²) >= 11 is 3.62. The zero-order valence-corrected chi connectivity index (χ0v) is 13.0. The number of hydrogen-bond acceptors (Lipinski definition) is 2. The van der Waals surface area contributed by atoms with Crippen LogP contribution in [-0.4, -0.2) is 26.3 Å². The van der Waals surface area contributed by atoms with Gasteiger partial charge in [0.15, 0.2) is 0 Å². The van der Waals surface area contributed by atoms with Crippen molar-refractivity contribution < 1.29 is 4.74 Å². The number of nitrogens with one attached hydrogen (secondary N) is 1. The van der Waals surface area contributed by atoms with E-state index in [-0.39, 0.29) is 0 Å². The third-order valence-electron chi connectivity index (χ3n) is 3.02. The summed E-state index contributed by atoms with van der Waals surface area (Å²) < 4.78 is 6.68. The highest BCUT2D eigenvalue weighted by Crippen LogP contribution is 2.20. The molecule has 1 N–H and O–H groups in total. The van der Waals surface area contributed by atoms with Crippen molar-refractivity contribution in [2.75, 3.05) is 26.3 Å². The summed E-state index contributed by atoms with van der Waals surface area (Å²) in [5, 5.41) is 3.44. The van der Waals surface area contributed by atoms with Crippen LogP contribution < -0.4 is 5.32 Å². The van der Waals surface area contributed by atoms with Crippen molar-refractivity contribution in [2.45, 2.75) is 26.7 Å². The summed E-state index contributed by atoms with van der Waals surface area (Å²) in [7, 11) is 0. The highest BCUT2D eigenvalue weighted by atomic mass is 79.9. The third-order valence-corrected chi connectivity index (χ3v) is 3.80. The number of halogens is 1. The van der Waals surface area contributed by atoms with Crippen molar-refractivity contribution in [3.8, 4) is 0 Å². The molecule has 102 valence electrons. The fourth-order valence-electron chi connectivity index (χ4n) is 1.99. The van der Waals surface area contributed by atoms with Gasteiger partial charge in [0.2, 0.25) is 0 Å². The van der Waals surface area contributed by atoms with Crippen molar-refractivity contribution in [2.24, 2.45) is 5.92 Å². The van der Waals surface area contributed by atoms with Gasteiger partial charge in [0, 0.05) is 17.7 Å². The Morgan fingerprint density at radius 3 is 2.72 bits per heavy atom. The van der Waals surface area contributed by atoms with Crippen LogP contribution in [0.15, 0.2) is 28.7 Å². The van der Waals surface area contributed by atoms with E-state index in [1.54, 1.807) is 0 Å². The zero-order valence-electron chi connectivity index (χ0n) is 11.4. The van der Waals surface area contributed by atoms with Crippen molar-refractivity contribution in [3.63, 3.8) is 0 Å². The van der Waals surface area contributed by atoms with Crippen LogP contribution >= 0.6 is 15.9 Å². The van der Waals surface area contributed by atoms with E-state index in [0.29, 0.717) is 5.92 Å². The Balaban J connectivity index is 2.51. The van der Waals surface area contributed by atoms with Crippen molar-refractivity contribution in [3.05, 3.63) is 34.3 Å². The van der Waals surface area contributed by atoms with Gasteiger partial charge in [0.1, 0.15) is 0 Å². The van der Waals surface area contributed by atoms with Gasteiger partial charge in [-0.3, -0.25) is 0 Å². The molecule has 1 rings (SSSR count). The van der Waals surface area contributed by atoms with E-state index >= 15 is 0 Å². The minimum Gasteiger partial charge on any atom is -0.382 e. The van der Waals surface area contributed by atoms with Crippen LogP contribution in [-0.2, 0) is 11.2 Å².